The topological polar surface area (TPSA) is 65.3 Å². The zero-order chi connectivity index (χ0) is 17.8. The van der Waals surface area contributed by atoms with Crippen molar-refractivity contribution in [2.45, 2.75) is 33.7 Å². The van der Waals surface area contributed by atoms with E-state index in [1.807, 2.05) is 13.8 Å². The van der Waals surface area contributed by atoms with Crippen molar-refractivity contribution in [1.29, 1.82) is 0 Å². The summed E-state index contributed by atoms with van der Waals surface area (Å²) in [6.07, 6.45) is 3.04. The zero-order valence-electron chi connectivity index (χ0n) is 15.4. The summed E-state index contributed by atoms with van der Waals surface area (Å²) in [6.45, 7) is 7.61. The molecule has 5 nitrogen and oxygen atoms in total. The van der Waals surface area contributed by atoms with Gasteiger partial charge in [0, 0.05) is 42.8 Å². The van der Waals surface area contributed by atoms with Crippen LogP contribution >= 0.6 is 0 Å². The van der Waals surface area contributed by atoms with Gasteiger partial charge in [0.15, 0.2) is 5.96 Å². The summed E-state index contributed by atoms with van der Waals surface area (Å²) in [7, 11) is 1.79. The van der Waals surface area contributed by atoms with E-state index in [1.54, 1.807) is 7.05 Å². The fourth-order valence-electron chi connectivity index (χ4n) is 3.14. The maximum Gasteiger partial charge on any atom is 0.191 e. The van der Waals surface area contributed by atoms with Crippen molar-refractivity contribution in [3.05, 3.63) is 58.7 Å². The first-order chi connectivity index (χ1) is 12.1. The molecule has 0 amide bonds. The van der Waals surface area contributed by atoms with Crippen molar-refractivity contribution in [3.63, 3.8) is 0 Å². The number of para-hydroxylation sites is 1. The minimum absolute atomic E-state index is 0.703. The number of fused-ring (bicyclic) bond motifs is 1. The highest BCUT2D eigenvalue weighted by atomic mass is 16.3. The number of nitrogens with zero attached hydrogens (tertiary/aromatic N) is 1. The zero-order valence-corrected chi connectivity index (χ0v) is 15.4. The number of furan rings is 1. The number of aromatic amines is 1. The van der Waals surface area contributed by atoms with Crippen LogP contribution in [0.25, 0.3) is 10.9 Å². The van der Waals surface area contributed by atoms with E-state index in [0.717, 1.165) is 36.0 Å². The Hall–Kier alpha value is -2.69. The van der Waals surface area contributed by atoms with E-state index >= 15 is 0 Å². The van der Waals surface area contributed by atoms with Crippen LogP contribution < -0.4 is 10.6 Å². The molecule has 0 atom stereocenters. The van der Waals surface area contributed by atoms with E-state index in [9.17, 15) is 0 Å². The van der Waals surface area contributed by atoms with Gasteiger partial charge >= 0.3 is 0 Å². The summed E-state index contributed by atoms with van der Waals surface area (Å²) < 4.78 is 5.56. The number of aliphatic imine (C=N–C) groups is 1. The predicted molar refractivity (Wildman–Crippen MR) is 103 cm³/mol. The molecule has 0 aliphatic heterocycles. The fourth-order valence-corrected chi connectivity index (χ4v) is 3.14. The summed E-state index contributed by atoms with van der Waals surface area (Å²) in [5, 5.41) is 8.02. The first kappa shape index (κ1) is 17.1. The van der Waals surface area contributed by atoms with Crippen LogP contribution in [0.4, 0.5) is 0 Å². The third-order valence-corrected chi connectivity index (χ3v) is 4.51. The van der Waals surface area contributed by atoms with Gasteiger partial charge in [0.25, 0.3) is 0 Å². The Labute approximate surface area is 148 Å². The molecule has 0 saturated carbocycles. The molecule has 132 valence electrons. The molecule has 5 heteroatoms. The Balaban J connectivity index is 1.54. The van der Waals surface area contributed by atoms with Crippen LogP contribution in [0.5, 0.6) is 0 Å². The summed E-state index contributed by atoms with van der Waals surface area (Å²) in [4.78, 5) is 7.67. The van der Waals surface area contributed by atoms with Crippen molar-refractivity contribution in [2.75, 3.05) is 13.6 Å². The second-order valence-corrected chi connectivity index (χ2v) is 6.35. The lowest BCUT2D eigenvalue weighted by Crippen LogP contribution is -2.37. The molecule has 0 saturated heterocycles. The SMILES string of the molecule is CN=C(NCCc1c[nH]c2c(C)cccc12)NCc1cc(C)oc1C. The molecule has 3 rings (SSSR count). The lowest BCUT2D eigenvalue weighted by atomic mass is 10.1. The van der Waals surface area contributed by atoms with Gasteiger partial charge in [-0.05, 0) is 44.4 Å². The third kappa shape index (κ3) is 3.87. The Morgan fingerprint density at radius 3 is 2.72 bits per heavy atom. The number of H-pyrrole nitrogens is 1. The van der Waals surface area contributed by atoms with Gasteiger partial charge in [-0.3, -0.25) is 4.99 Å². The van der Waals surface area contributed by atoms with E-state index in [-0.39, 0.29) is 0 Å². The van der Waals surface area contributed by atoms with Gasteiger partial charge in [-0.15, -0.1) is 0 Å². The highest BCUT2D eigenvalue weighted by molar-refractivity contribution is 5.86. The van der Waals surface area contributed by atoms with E-state index in [1.165, 1.54) is 22.0 Å². The number of guanidine groups is 1. The molecule has 0 aliphatic carbocycles. The molecule has 1 aromatic carbocycles. The van der Waals surface area contributed by atoms with E-state index in [2.05, 4.69) is 58.0 Å². The van der Waals surface area contributed by atoms with E-state index in [0.29, 0.717) is 6.54 Å². The highest BCUT2D eigenvalue weighted by Crippen LogP contribution is 2.21. The second-order valence-electron chi connectivity index (χ2n) is 6.35. The van der Waals surface area contributed by atoms with Crippen molar-refractivity contribution in [2.24, 2.45) is 4.99 Å². The van der Waals surface area contributed by atoms with Gasteiger partial charge in [0.2, 0.25) is 0 Å². The summed E-state index contributed by atoms with van der Waals surface area (Å²) in [5.41, 5.74) is 4.99. The van der Waals surface area contributed by atoms with Crippen molar-refractivity contribution in [1.82, 2.24) is 15.6 Å². The molecule has 0 spiro atoms. The Morgan fingerprint density at radius 2 is 2.00 bits per heavy atom. The molecule has 2 aromatic heterocycles. The molecular formula is C20H26N4O. The molecule has 0 unspecified atom stereocenters. The van der Waals surface area contributed by atoms with Gasteiger partial charge in [-0.1, -0.05) is 18.2 Å². The molecular weight excluding hydrogens is 312 g/mol. The largest absolute Gasteiger partial charge is 0.466 e. The van der Waals surface area contributed by atoms with E-state index in [4.69, 9.17) is 4.42 Å². The minimum atomic E-state index is 0.703. The summed E-state index contributed by atoms with van der Waals surface area (Å²) in [5.74, 6) is 2.69. The molecule has 0 fully saturated rings. The average molecular weight is 338 g/mol. The van der Waals surface area contributed by atoms with Crippen LogP contribution in [-0.4, -0.2) is 24.5 Å². The third-order valence-electron chi connectivity index (χ3n) is 4.51. The van der Waals surface area contributed by atoms with Gasteiger partial charge < -0.3 is 20.0 Å². The van der Waals surface area contributed by atoms with Crippen molar-refractivity contribution < 1.29 is 4.42 Å². The van der Waals surface area contributed by atoms with Gasteiger partial charge in [0.1, 0.15) is 11.5 Å². The number of aromatic nitrogens is 1. The van der Waals surface area contributed by atoms with Gasteiger partial charge in [-0.25, -0.2) is 0 Å². The molecule has 0 aliphatic rings. The smallest absolute Gasteiger partial charge is 0.191 e. The summed E-state index contributed by atoms with van der Waals surface area (Å²) >= 11 is 0. The molecule has 0 bridgehead atoms. The monoisotopic (exact) mass is 338 g/mol. The van der Waals surface area contributed by atoms with Crippen LogP contribution in [0.3, 0.4) is 0 Å². The first-order valence-electron chi connectivity index (χ1n) is 8.64. The number of rotatable bonds is 5. The number of hydrogen-bond donors (Lipinski definition) is 3. The second kappa shape index (κ2) is 7.47. The lowest BCUT2D eigenvalue weighted by Gasteiger charge is -2.11. The fraction of sp³-hybridized carbons (Fsp3) is 0.350. The average Bonchev–Trinajstić information content (AvgIpc) is 3.14. The van der Waals surface area contributed by atoms with Gasteiger partial charge in [0.05, 0.1) is 0 Å². The Bertz CT molecular complexity index is 888. The normalized spacial score (nSPS) is 11.9. The summed E-state index contributed by atoms with van der Waals surface area (Å²) in [6, 6.07) is 8.47. The maximum atomic E-state index is 5.56. The quantitative estimate of drug-likeness (QED) is 0.492. The standard InChI is InChI=1S/C20H26N4O/c1-13-6-5-7-18-16(11-23-19(13)18)8-9-22-20(21-4)24-12-17-10-14(2)25-15(17)3/h5-7,10-11,23H,8-9,12H2,1-4H3,(H2,21,22,24). The first-order valence-corrected chi connectivity index (χ1v) is 8.64. The van der Waals surface area contributed by atoms with Crippen LogP contribution in [0.2, 0.25) is 0 Å². The lowest BCUT2D eigenvalue weighted by molar-refractivity contribution is 0.500. The molecule has 3 aromatic rings. The van der Waals surface area contributed by atoms with Crippen molar-refractivity contribution in [3.8, 4) is 0 Å². The maximum absolute atomic E-state index is 5.56. The molecule has 2 heterocycles. The Kier molecular flexibility index (Phi) is 5.12. The number of hydrogen-bond acceptors (Lipinski definition) is 2. The minimum Gasteiger partial charge on any atom is -0.466 e. The molecule has 25 heavy (non-hydrogen) atoms. The van der Waals surface area contributed by atoms with Crippen LogP contribution in [0.1, 0.15) is 28.2 Å². The van der Waals surface area contributed by atoms with Gasteiger partial charge in [-0.2, -0.15) is 0 Å². The van der Waals surface area contributed by atoms with Crippen molar-refractivity contribution >= 4 is 16.9 Å². The van der Waals surface area contributed by atoms with Crippen LogP contribution in [0.15, 0.2) is 39.9 Å². The highest BCUT2D eigenvalue weighted by Gasteiger charge is 2.07. The Morgan fingerprint density at radius 1 is 1.16 bits per heavy atom. The van der Waals surface area contributed by atoms with Crippen LogP contribution in [0, 0.1) is 20.8 Å². The molecule has 3 N–H and O–H groups in total. The van der Waals surface area contributed by atoms with E-state index < -0.39 is 0 Å². The predicted octanol–water partition coefficient (Wildman–Crippen LogP) is 3.59. The number of nitrogens with one attached hydrogen (secondary N) is 3. The molecule has 0 radical (unpaired) electrons. The van der Waals surface area contributed by atoms with Crippen LogP contribution in [-0.2, 0) is 13.0 Å². The number of benzene rings is 1. The number of aryl methyl sites for hydroxylation is 3.